The van der Waals surface area contributed by atoms with E-state index in [1.807, 2.05) is 0 Å². The Balaban J connectivity index is 1.67. The molecule has 0 fully saturated rings. The number of nitrogens with zero attached hydrogens (tertiary/aromatic N) is 3. The van der Waals surface area contributed by atoms with E-state index in [1.165, 1.54) is 28.3 Å². The topological polar surface area (TPSA) is 87.8 Å². The predicted octanol–water partition coefficient (Wildman–Crippen LogP) is 3.95. The summed E-state index contributed by atoms with van der Waals surface area (Å²) in [6.07, 6.45) is 5.37. The molecule has 0 radical (unpaired) electrons. The highest BCUT2D eigenvalue weighted by Crippen LogP contribution is 2.37. The number of aromatic nitrogens is 2. The van der Waals surface area contributed by atoms with Gasteiger partial charge >= 0.3 is 0 Å². The first-order chi connectivity index (χ1) is 13.6. The van der Waals surface area contributed by atoms with Crippen LogP contribution in [0.15, 0.2) is 41.3 Å². The van der Waals surface area contributed by atoms with Crippen LogP contribution in [0, 0.1) is 11.3 Å². The molecule has 140 valence electrons. The van der Waals surface area contributed by atoms with Gasteiger partial charge < -0.3 is 5.32 Å². The van der Waals surface area contributed by atoms with E-state index >= 15 is 0 Å². The number of carbonyl (C=O) groups is 1. The van der Waals surface area contributed by atoms with Gasteiger partial charge in [0.25, 0.3) is 5.91 Å². The molecule has 6 nitrogen and oxygen atoms in total. The smallest absolute Gasteiger partial charge is 0.280 e. The van der Waals surface area contributed by atoms with Crippen molar-refractivity contribution in [3.8, 4) is 11.8 Å². The number of halogens is 1. The molecule has 1 aliphatic rings. The second-order valence-electron chi connectivity index (χ2n) is 6.43. The zero-order valence-corrected chi connectivity index (χ0v) is 16.3. The molecule has 2 aromatic heterocycles. The predicted molar refractivity (Wildman–Crippen MR) is 108 cm³/mol. The summed E-state index contributed by atoms with van der Waals surface area (Å²) in [6, 6.07) is 10.4. The van der Waals surface area contributed by atoms with Gasteiger partial charge in [0.05, 0.1) is 11.3 Å². The molecule has 0 spiro atoms. The SMILES string of the molecule is N#Cc1c(NC(=O)c2nn(-c3ccc(Cl)cc3)ccc2=O)sc2c1CCCC2. The zero-order valence-electron chi connectivity index (χ0n) is 14.7. The van der Waals surface area contributed by atoms with Crippen LogP contribution in [0.2, 0.25) is 5.02 Å². The molecule has 3 aromatic rings. The Morgan fingerprint density at radius 3 is 2.71 bits per heavy atom. The summed E-state index contributed by atoms with van der Waals surface area (Å²) in [5.41, 5.74) is 1.48. The maximum atomic E-state index is 12.7. The van der Waals surface area contributed by atoms with E-state index in [0.29, 0.717) is 21.3 Å². The number of rotatable bonds is 3. The number of aryl methyl sites for hydroxylation is 1. The Morgan fingerprint density at radius 2 is 1.96 bits per heavy atom. The number of amides is 1. The molecule has 0 aliphatic heterocycles. The van der Waals surface area contributed by atoms with Crippen molar-refractivity contribution in [2.24, 2.45) is 0 Å². The van der Waals surface area contributed by atoms with Crippen LogP contribution in [0.1, 0.15) is 39.3 Å². The Kier molecular flexibility index (Phi) is 4.99. The van der Waals surface area contributed by atoms with Crippen molar-refractivity contribution in [2.45, 2.75) is 25.7 Å². The summed E-state index contributed by atoms with van der Waals surface area (Å²) < 4.78 is 1.44. The van der Waals surface area contributed by atoms with Crippen LogP contribution in [-0.2, 0) is 12.8 Å². The molecule has 28 heavy (non-hydrogen) atoms. The van der Waals surface area contributed by atoms with E-state index in [0.717, 1.165) is 36.1 Å². The van der Waals surface area contributed by atoms with E-state index in [-0.39, 0.29) is 5.69 Å². The lowest BCUT2D eigenvalue weighted by molar-refractivity contribution is 0.102. The standard InChI is InChI=1S/C20H15ClN4O2S/c21-12-5-7-13(8-6-12)25-10-9-16(26)18(24-25)19(27)23-20-15(11-22)14-3-1-2-4-17(14)28-20/h5-10H,1-4H2,(H,23,27). The van der Waals surface area contributed by atoms with Crippen molar-refractivity contribution < 1.29 is 4.79 Å². The molecule has 8 heteroatoms. The third-order valence-electron chi connectivity index (χ3n) is 4.62. The van der Waals surface area contributed by atoms with E-state index in [2.05, 4.69) is 16.5 Å². The molecule has 0 bridgehead atoms. The van der Waals surface area contributed by atoms with Crippen molar-refractivity contribution in [1.82, 2.24) is 9.78 Å². The van der Waals surface area contributed by atoms with Gasteiger partial charge in [-0.1, -0.05) is 11.6 Å². The van der Waals surface area contributed by atoms with Crippen LogP contribution < -0.4 is 10.7 Å². The van der Waals surface area contributed by atoms with E-state index in [4.69, 9.17) is 11.6 Å². The fourth-order valence-corrected chi connectivity index (χ4v) is 4.60. The number of thiophene rings is 1. The molecule has 1 aliphatic carbocycles. The molecule has 0 unspecified atom stereocenters. The van der Waals surface area contributed by atoms with Gasteiger partial charge in [-0.2, -0.15) is 10.4 Å². The van der Waals surface area contributed by atoms with Gasteiger partial charge in [-0.3, -0.25) is 9.59 Å². The molecule has 2 heterocycles. The molecular weight excluding hydrogens is 396 g/mol. The number of benzene rings is 1. The minimum atomic E-state index is -0.622. The first kappa shape index (κ1) is 18.4. The van der Waals surface area contributed by atoms with Gasteiger partial charge in [0.2, 0.25) is 5.43 Å². The van der Waals surface area contributed by atoms with Gasteiger partial charge in [-0.25, -0.2) is 4.68 Å². The van der Waals surface area contributed by atoms with E-state index < -0.39 is 11.3 Å². The molecule has 1 amide bonds. The normalized spacial score (nSPS) is 12.9. The highest BCUT2D eigenvalue weighted by Gasteiger charge is 2.23. The Labute approximate surface area is 170 Å². The molecule has 0 atom stereocenters. The van der Waals surface area contributed by atoms with E-state index in [9.17, 15) is 14.9 Å². The summed E-state index contributed by atoms with van der Waals surface area (Å²) in [6.45, 7) is 0. The lowest BCUT2D eigenvalue weighted by Gasteiger charge is -2.09. The van der Waals surface area contributed by atoms with Crippen molar-refractivity contribution in [1.29, 1.82) is 5.26 Å². The van der Waals surface area contributed by atoms with Crippen molar-refractivity contribution in [3.63, 3.8) is 0 Å². The number of nitrogens with one attached hydrogen (secondary N) is 1. The van der Waals surface area contributed by atoms with Crippen LogP contribution in [0.4, 0.5) is 5.00 Å². The summed E-state index contributed by atoms with van der Waals surface area (Å²) in [7, 11) is 0. The van der Waals surface area contributed by atoms with Crippen LogP contribution in [0.5, 0.6) is 0 Å². The van der Waals surface area contributed by atoms with Gasteiger partial charge in [-0.05, 0) is 55.5 Å². The second kappa shape index (κ2) is 7.58. The first-order valence-electron chi connectivity index (χ1n) is 8.78. The molecular formula is C20H15ClN4O2S. The fraction of sp³-hybridized carbons (Fsp3) is 0.200. The number of nitriles is 1. The number of carbonyl (C=O) groups excluding carboxylic acids is 1. The second-order valence-corrected chi connectivity index (χ2v) is 7.97. The lowest BCUT2D eigenvalue weighted by Crippen LogP contribution is -2.25. The molecule has 0 saturated carbocycles. The quantitative estimate of drug-likeness (QED) is 0.708. The highest BCUT2D eigenvalue weighted by atomic mass is 35.5. The minimum Gasteiger partial charge on any atom is -0.311 e. The van der Waals surface area contributed by atoms with Gasteiger partial charge in [0.15, 0.2) is 5.69 Å². The minimum absolute atomic E-state index is 0.229. The summed E-state index contributed by atoms with van der Waals surface area (Å²) in [4.78, 5) is 26.1. The number of hydrogen-bond donors (Lipinski definition) is 1. The number of fused-ring (bicyclic) bond motifs is 1. The molecule has 1 N–H and O–H groups in total. The fourth-order valence-electron chi connectivity index (χ4n) is 3.24. The van der Waals surface area contributed by atoms with Crippen LogP contribution in [0.3, 0.4) is 0 Å². The van der Waals surface area contributed by atoms with Gasteiger partial charge in [0, 0.05) is 22.2 Å². The highest BCUT2D eigenvalue weighted by molar-refractivity contribution is 7.16. The Morgan fingerprint density at radius 1 is 1.21 bits per heavy atom. The van der Waals surface area contributed by atoms with Crippen LogP contribution in [0.25, 0.3) is 5.69 Å². The molecule has 1 aromatic carbocycles. The number of anilines is 1. The van der Waals surface area contributed by atoms with Crippen molar-refractivity contribution >= 4 is 33.8 Å². The van der Waals surface area contributed by atoms with Crippen molar-refractivity contribution in [2.75, 3.05) is 5.32 Å². The summed E-state index contributed by atoms with van der Waals surface area (Å²) in [5.74, 6) is -0.622. The summed E-state index contributed by atoms with van der Waals surface area (Å²) in [5, 5.41) is 17.5. The number of hydrogen-bond acceptors (Lipinski definition) is 5. The Hall–Kier alpha value is -2.95. The Bertz CT molecular complexity index is 1160. The largest absolute Gasteiger partial charge is 0.311 e. The third-order valence-corrected chi connectivity index (χ3v) is 6.08. The average Bonchev–Trinajstić information content (AvgIpc) is 3.05. The molecule has 4 rings (SSSR count). The maximum absolute atomic E-state index is 12.7. The van der Waals surface area contributed by atoms with E-state index in [1.54, 1.807) is 24.3 Å². The average molecular weight is 411 g/mol. The lowest BCUT2D eigenvalue weighted by atomic mass is 9.96. The zero-order chi connectivity index (χ0) is 19.7. The molecule has 0 saturated heterocycles. The van der Waals surface area contributed by atoms with Crippen LogP contribution in [-0.4, -0.2) is 15.7 Å². The monoisotopic (exact) mass is 410 g/mol. The van der Waals surface area contributed by atoms with Crippen LogP contribution >= 0.6 is 22.9 Å². The van der Waals surface area contributed by atoms with Gasteiger partial charge in [0.1, 0.15) is 11.1 Å². The first-order valence-corrected chi connectivity index (χ1v) is 9.98. The van der Waals surface area contributed by atoms with Gasteiger partial charge in [-0.15, -0.1) is 11.3 Å². The third kappa shape index (κ3) is 3.44. The maximum Gasteiger partial charge on any atom is 0.280 e. The van der Waals surface area contributed by atoms with Crippen molar-refractivity contribution in [3.05, 3.63) is 73.5 Å². The summed E-state index contributed by atoms with van der Waals surface area (Å²) >= 11 is 7.31.